The zero-order valence-corrected chi connectivity index (χ0v) is 8.56. The van der Waals surface area contributed by atoms with Crippen LogP contribution in [-0.4, -0.2) is 35.2 Å². The number of nitrogens with one attached hydrogen (secondary N) is 2. The van der Waals surface area contributed by atoms with Crippen molar-refractivity contribution in [2.24, 2.45) is 0 Å². The first-order chi connectivity index (χ1) is 6.12. The van der Waals surface area contributed by atoms with Gasteiger partial charge in [-0.1, -0.05) is 6.08 Å². The largest absolute Gasteiger partial charge is 0.383 e. The van der Waals surface area contributed by atoms with E-state index in [4.69, 9.17) is 4.74 Å². The van der Waals surface area contributed by atoms with Crippen LogP contribution in [0.15, 0.2) is 12.7 Å². The molecule has 0 aromatic carbocycles. The summed E-state index contributed by atoms with van der Waals surface area (Å²) in [6, 6.07) is 0. The van der Waals surface area contributed by atoms with Gasteiger partial charge in [0.25, 0.3) is 10.2 Å². The first-order valence-electron chi connectivity index (χ1n) is 3.96. The van der Waals surface area contributed by atoms with Crippen molar-refractivity contribution in [3.05, 3.63) is 12.7 Å². The van der Waals surface area contributed by atoms with Gasteiger partial charge in [0.1, 0.15) is 0 Å². The number of hydrogen-bond acceptors (Lipinski definition) is 3. The summed E-state index contributed by atoms with van der Waals surface area (Å²) in [7, 11) is -1.84. The van der Waals surface area contributed by atoms with Gasteiger partial charge in [0.2, 0.25) is 0 Å². The van der Waals surface area contributed by atoms with E-state index < -0.39 is 10.2 Å². The molecule has 0 saturated carbocycles. The van der Waals surface area contributed by atoms with Gasteiger partial charge in [-0.3, -0.25) is 0 Å². The van der Waals surface area contributed by atoms with E-state index in [1.54, 1.807) is 6.08 Å². The van der Waals surface area contributed by atoms with E-state index in [1.165, 1.54) is 7.11 Å². The summed E-state index contributed by atoms with van der Waals surface area (Å²) in [6.45, 7) is 4.49. The van der Waals surface area contributed by atoms with Crippen LogP contribution in [0.25, 0.3) is 0 Å². The average molecular weight is 208 g/mol. The standard InChI is InChI=1S/C7H16N2O3S/c1-3-4-5-8-13(10,11)9-6-7-12-2/h3,8-9H,1,4-7H2,2H3. The Bertz CT molecular complexity index is 226. The van der Waals surface area contributed by atoms with Crippen molar-refractivity contribution in [1.29, 1.82) is 0 Å². The summed E-state index contributed by atoms with van der Waals surface area (Å²) in [5.74, 6) is 0. The van der Waals surface area contributed by atoms with Crippen molar-refractivity contribution in [2.45, 2.75) is 6.42 Å². The summed E-state index contributed by atoms with van der Waals surface area (Å²) in [6.07, 6.45) is 2.27. The monoisotopic (exact) mass is 208 g/mol. The van der Waals surface area contributed by atoms with Crippen LogP contribution in [0.5, 0.6) is 0 Å². The van der Waals surface area contributed by atoms with E-state index in [2.05, 4.69) is 16.0 Å². The van der Waals surface area contributed by atoms with E-state index in [9.17, 15) is 8.42 Å². The Morgan fingerprint density at radius 2 is 2.00 bits per heavy atom. The zero-order valence-electron chi connectivity index (χ0n) is 7.75. The Labute approximate surface area is 79.3 Å². The van der Waals surface area contributed by atoms with Crippen LogP contribution in [0.1, 0.15) is 6.42 Å². The van der Waals surface area contributed by atoms with E-state index in [0.717, 1.165) is 0 Å². The third-order valence-electron chi connectivity index (χ3n) is 1.24. The Morgan fingerprint density at radius 1 is 1.38 bits per heavy atom. The Hall–Kier alpha value is -0.430. The van der Waals surface area contributed by atoms with Crippen LogP contribution in [0.4, 0.5) is 0 Å². The molecule has 0 amide bonds. The van der Waals surface area contributed by atoms with Gasteiger partial charge in [-0.25, -0.2) is 4.72 Å². The first-order valence-corrected chi connectivity index (χ1v) is 5.45. The van der Waals surface area contributed by atoms with Gasteiger partial charge in [0, 0.05) is 20.2 Å². The van der Waals surface area contributed by atoms with E-state index in [-0.39, 0.29) is 6.54 Å². The fourth-order valence-corrected chi connectivity index (χ4v) is 1.47. The molecule has 78 valence electrons. The number of hydrogen-bond donors (Lipinski definition) is 2. The summed E-state index contributed by atoms with van der Waals surface area (Å²) in [4.78, 5) is 0. The molecule has 2 N–H and O–H groups in total. The summed E-state index contributed by atoms with van der Waals surface area (Å²) < 4.78 is 31.5. The van der Waals surface area contributed by atoms with Gasteiger partial charge in [0.05, 0.1) is 6.61 Å². The highest BCUT2D eigenvalue weighted by molar-refractivity contribution is 7.87. The van der Waals surface area contributed by atoms with Crippen molar-refractivity contribution >= 4 is 10.2 Å². The minimum Gasteiger partial charge on any atom is -0.383 e. The van der Waals surface area contributed by atoms with Gasteiger partial charge in [-0.2, -0.15) is 13.1 Å². The quantitative estimate of drug-likeness (QED) is 0.422. The molecule has 0 aliphatic rings. The van der Waals surface area contributed by atoms with Crippen LogP contribution >= 0.6 is 0 Å². The van der Waals surface area contributed by atoms with Crippen molar-refractivity contribution in [1.82, 2.24) is 9.44 Å². The second-order valence-electron chi connectivity index (χ2n) is 2.36. The Balaban J connectivity index is 3.61. The van der Waals surface area contributed by atoms with Gasteiger partial charge in [0.15, 0.2) is 0 Å². The fraction of sp³-hybridized carbons (Fsp3) is 0.714. The van der Waals surface area contributed by atoms with Crippen LogP contribution in [0.3, 0.4) is 0 Å². The predicted octanol–water partition coefficient (Wildman–Crippen LogP) is -0.367. The highest BCUT2D eigenvalue weighted by Gasteiger charge is 2.05. The molecule has 0 aliphatic heterocycles. The molecule has 0 aliphatic carbocycles. The maximum absolute atomic E-state index is 11.1. The maximum atomic E-state index is 11.1. The topological polar surface area (TPSA) is 67.4 Å². The van der Waals surface area contributed by atoms with Crippen molar-refractivity contribution in [2.75, 3.05) is 26.8 Å². The molecule has 0 unspecified atom stereocenters. The molecule has 0 bridgehead atoms. The molecular formula is C7H16N2O3S. The third-order valence-corrected chi connectivity index (χ3v) is 2.41. The second kappa shape index (κ2) is 7.02. The smallest absolute Gasteiger partial charge is 0.276 e. The minimum atomic E-state index is -3.35. The number of rotatable bonds is 8. The molecule has 0 fully saturated rings. The molecular weight excluding hydrogens is 192 g/mol. The minimum absolute atomic E-state index is 0.278. The molecule has 0 spiro atoms. The predicted molar refractivity (Wildman–Crippen MR) is 51.6 cm³/mol. The van der Waals surface area contributed by atoms with E-state index in [0.29, 0.717) is 19.6 Å². The highest BCUT2D eigenvalue weighted by Crippen LogP contribution is 1.80. The summed E-state index contributed by atoms with van der Waals surface area (Å²) in [5, 5.41) is 0. The average Bonchev–Trinajstić information content (AvgIpc) is 2.05. The zero-order chi connectivity index (χ0) is 10.2. The summed E-state index contributed by atoms with van der Waals surface area (Å²) >= 11 is 0. The maximum Gasteiger partial charge on any atom is 0.276 e. The lowest BCUT2D eigenvalue weighted by Crippen LogP contribution is -2.38. The van der Waals surface area contributed by atoms with Gasteiger partial charge in [-0.15, -0.1) is 6.58 Å². The van der Waals surface area contributed by atoms with Crippen molar-refractivity contribution in [3.63, 3.8) is 0 Å². The highest BCUT2D eigenvalue weighted by atomic mass is 32.2. The molecule has 0 aromatic rings. The SMILES string of the molecule is C=CCCNS(=O)(=O)NCCOC. The van der Waals surface area contributed by atoms with E-state index in [1.807, 2.05) is 0 Å². The molecule has 0 rings (SSSR count). The Kier molecular flexibility index (Phi) is 6.79. The normalized spacial score (nSPS) is 11.5. The molecule has 0 atom stereocenters. The fourth-order valence-electron chi connectivity index (χ4n) is 0.624. The van der Waals surface area contributed by atoms with Crippen molar-refractivity contribution in [3.8, 4) is 0 Å². The Morgan fingerprint density at radius 3 is 2.54 bits per heavy atom. The number of methoxy groups -OCH3 is 1. The molecule has 13 heavy (non-hydrogen) atoms. The molecule has 0 radical (unpaired) electrons. The molecule has 0 heterocycles. The lowest BCUT2D eigenvalue weighted by atomic mass is 10.4. The van der Waals surface area contributed by atoms with Crippen molar-refractivity contribution < 1.29 is 13.2 Å². The molecule has 6 heteroatoms. The first kappa shape index (κ1) is 12.6. The van der Waals surface area contributed by atoms with Crippen LogP contribution < -0.4 is 9.44 Å². The molecule has 5 nitrogen and oxygen atoms in total. The van der Waals surface area contributed by atoms with Gasteiger partial charge in [-0.05, 0) is 6.42 Å². The lowest BCUT2D eigenvalue weighted by molar-refractivity contribution is 0.204. The van der Waals surface area contributed by atoms with E-state index >= 15 is 0 Å². The van der Waals surface area contributed by atoms with Gasteiger partial charge >= 0.3 is 0 Å². The summed E-state index contributed by atoms with van der Waals surface area (Å²) in [5.41, 5.74) is 0. The van der Waals surface area contributed by atoms with Crippen LogP contribution in [0.2, 0.25) is 0 Å². The lowest BCUT2D eigenvalue weighted by Gasteiger charge is -2.06. The third kappa shape index (κ3) is 7.92. The second-order valence-corrected chi connectivity index (χ2v) is 3.95. The van der Waals surface area contributed by atoms with Gasteiger partial charge < -0.3 is 4.74 Å². The number of ether oxygens (including phenoxy) is 1. The molecule has 0 aromatic heterocycles. The molecule has 0 saturated heterocycles. The van der Waals surface area contributed by atoms with Crippen LogP contribution in [-0.2, 0) is 14.9 Å². The van der Waals surface area contributed by atoms with Crippen LogP contribution in [0, 0.1) is 0 Å².